The lowest BCUT2D eigenvalue weighted by Gasteiger charge is -2.17. The fourth-order valence-corrected chi connectivity index (χ4v) is 4.15. The Bertz CT molecular complexity index is 840. The number of ether oxygens (including phenoxy) is 2. The first kappa shape index (κ1) is 22.6. The zero-order chi connectivity index (χ0) is 20.4. The van der Waals surface area contributed by atoms with Crippen LogP contribution in [0, 0.1) is 0 Å². The number of fused-ring (bicyclic) bond motifs is 1. The molecule has 0 bridgehead atoms. The van der Waals surface area contributed by atoms with Crippen LogP contribution in [0.5, 0.6) is 0 Å². The molecule has 3 N–H and O–H groups in total. The number of nitrogens with zero attached hydrogens (tertiary/aromatic N) is 1. The fraction of sp³-hybridized carbons (Fsp3) is 0.500. The van der Waals surface area contributed by atoms with Gasteiger partial charge in [-0.1, -0.05) is 24.3 Å². The van der Waals surface area contributed by atoms with Gasteiger partial charge in [-0.25, -0.2) is 13.1 Å². The van der Waals surface area contributed by atoms with E-state index in [4.69, 9.17) is 15.2 Å². The number of benzene rings is 2. The lowest BCUT2D eigenvalue weighted by Crippen LogP contribution is -2.26. The fourth-order valence-electron chi connectivity index (χ4n) is 2.85. The van der Waals surface area contributed by atoms with Crippen molar-refractivity contribution in [2.24, 2.45) is 5.73 Å². The zero-order valence-corrected chi connectivity index (χ0v) is 17.5. The average molecular weight is 410 g/mol. The van der Waals surface area contributed by atoms with Crippen molar-refractivity contribution in [2.75, 3.05) is 58.5 Å². The quantitative estimate of drug-likeness (QED) is 0.491. The summed E-state index contributed by atoms with van der Waals surface area (Å²) in [7, 11) is 0.286. The van der Waals surface area contributed by atoms with Crippen LogP contribution < -0.4 is 15.4 Å². The number of rotatable bonds is 13. The summed E-state index contributed by atoms with van der Waals surface area (Å²) < 4.78 is 39.0. The molecule has 0 heterocycles. The summed E-state index contributed by atoms with van der Waals surface area (Å²) in [6, 6.07) is 11.0. The Morgan fingerprint density at radius 3 is 2.25 bits per heavy atom. The second-order valence-electron chi connectivity index (χ2n) is 6.64. The van der Waals surface area contributed by atoms with Crippen molar-refractivity contribution in [1.29, 1.82) is 0 Å². The van der Waals surface area contributed by atoms with Gasteiger partial charge in [0.2, 0.25) is 10.0 Å². The molecule has 8 heteroatoms. The van der Waals surface area contributed by atoms with Crippen molar-refractivity contribution >= 4 is 26.5 Å². The molecule has 2 aromatic carbocycles. The first-order chi connectivity index (χ1) is 13.5. The third-order valence-corrected chi connectivity index (χ3v) is 5.77. The van der Waals surface area contributed by atoms with E-state index >= 15 is 0 Å². The highest BCUT2D eigenvalue weighted by atomic mass is 32.2. The van der Waals surface area contributed by atoms with Gasteiger partial charge >= 0.3 is 0 Å². The molecule has 156 valence electrons. The molecular weight excluding hydrogens is 378 g/mol. The minimum atomic E-state index is -3.60. The Morgan fingerprint density at radius 1 is 0.929 bits per heavy atom. The van der Waals surface area contributed by atoms with E-state index in [1.807, 2.05) is 43.3 Å². The molecule has 0 fully saturated rings. The van der Waals surface area contributed by atoms with Crippen LogP contribution in [0.4, 0.5) is 5.69 Å². The highest BCUT2D eigenvalue weighted by Gasteiger charge is 2.17. The summed E-state index contributed by atoms with van der Waals surface area (Å²) in [6.45, 7) is 3.07. The lowest BCUT2D eigenvalue weighted by atomic mass is 10.1. The molecule has 0 unspecified atom stereocenters. The van der Waals surface area contributed by atoms with Crippen molar-refractivity contribution in [2.45, 2.75) is 17.7 Å². The second-order valence-corrected chi connectivity index (χ2v) is 8.38. The van der Waals surface area contributed by atoms with Gasteiger partial charge in [-0.3, -0.25) is 0 Å². The average Bonchev–Trinajstić information content (AvgIpc) is 2.68. The van der Waals surface area contributed by atoms with Gasteiger partial charge in [0.15, 0.2) is 0 Å². The highest BCUT2D eigenvalue weighted by Crippen LogP contribution is 2.29. The number of nitrogens with two attached hydrogens (primary N) is 1. The lowest BCUT2D eigenvalue weighted by molar-refractivity contribution is 0.0469. The summed E-state index contributed by atoms with van der Waals surface area (Å²) in [6.07, 6.45) is 1.43. The molecule has 2 aromatic rings. The van der Waals surface area contributed by atoms with E-state index in [1.54, 1.807) is 12.1 Å². The zero-order valence-electron chi connectivity index (χ0n) is 16.7. The van der Waals surface area contributed by atoms with Gasteiger partial charge in [-0.2, -0.15) is 0 Å². The highest BCUT2D eigenvalue weighted by molar-refractivity contribution is 7.89. The largest absolute Gasteiger partial charge is 0.379 e. The Morgan fingerprint density at radius 2 is 1.57 bits per heavy atom. The molecule has 0 atom stereocenters. The minimum Gasteiger partial charge on any atom is -0.379 e. The molecule has 0 aliphatic carbocycles. The van der Waals surface area contributed by atoms with Gasteiger partial charge in [-0.15, -0.1) is 0 Å². The van der Waals surface area contributed by atoms with E-state index in [0.29, 0.717) is 56.2 Å². The van der Waals surface area contributed by atoms with E-state index in [0.717, 1.165) is 17.5 Å². The van der Waals surface area contributed by atoms with E-state index in [2.05, 4.69) is 4.72 Å². The van der Waals surface area contributed by atoms with Crippen molar-refractivity contribution < 1.29 is 17.9 Å². The maximum atomic E-state index is 12.8. The third kappa shape index (κ3) is 6.42. The van der Waals surface area contributed by atoms with Crippen LogP contribution in [0.25, 0.3) is 10.8 Å². The smallest absolute Gasteiger partial charge is 0.241 e. The third-order valence-electron chi connectivity index (χ3n) is 4.25. The molecule has 28 heavy (non-hydrogen) atoms. The van der Waals surface area contributed by atoms with Gasteiger partial charge in [0.25, 0.3) is 0 Å². The predicted octanol–water partition coefficient (Wildman–Crippen LogP) is 1.96. The first-order valence-electron chi connectivity index (χ1n) is 9.51. The van der Waals surface area contributed by atoms with Gasteiger partial charge in [0.1, 0.15) is 0 Å². The molecule has 0 aliphatic heterocycles. The van der Waals surface area contributed by atoms with E-state index < -0.39 is 10.0 Å². The predicted molar refractivity (Wildman–Crippen MR) is 113 cm³/mol. The molecule has 2 rings (SSSR count). The number of nitrogens with one attached hydrogen (secondary N) is 1. The molecule has 7 nitrogen and oxygen atoms in total. The van der Waals surface area contributed by atoms with Crippen LogP contribution in [-0.4, -0.2) is 62.0 Å². The summed E-state index contributed by atoms with van der Waals surface area (Å²) in [5.41, 5.74) is 6.37. The topological polar surface area (TPSA) is 93.9 Å². The van der Waals surface area contributed by atoms with Crippen LogP contribution in [-0.2, 0) is 19.5 Å². The minimum absolute atomic E-state index is 0.294. The van der Waals surface area contributed by atoms with Crippen molar-refractivity contribution in [3.05, 3.63) is 36.4 Å². The van der Waals surface area contributed by atoms with Crippen LogP contribution in [0.15, 0.2) is 41.3 Å². The second kappa shape index (κ2) is 11.3. The molecule has 0 aliphatic rings. The SMILES string of the molecule is CN(C)c1cccc2c(S(=O)(=O)NCCCOCCOCCCN)cccc12. The van der Waals surface area contributed by atoms with Crippen molar-refractivity contribution in [3.63, 3.8) is 0 Å². The maximum Gasteiger partial charge on any atom is 0.241 e. The van der Waals surface area contributed by atoms with Crippen LogP contribution in [0.1, 0.15) is 12.8 Å². The van der Waals surface area contributed by atoms with E-state index in [-0.39, 0.29) is 0 Å². The Kier molecular flexibility index (Phi) is 9.14. The number of anilines is 1. The molecule has 0 radical (unpaired) electrons. The van der Waals surface area contributed by atoms with E-state index in [9.17, 15) is 8.42 Å². The Labute approximate surface area is 167 Å². The van der Waals surface area contributed by atoms with Crippen molar-refractivity contribution in [3.8, 4) is 0 Å². The molecule has 0 saturated heterocycles. The molecular formula is C20H31N3O4S. The van der Waals surface area contributed by atoms with Gasteiger partial charge in [-0.05, 0) is 31.5 Å². The van der Waals surface area contributed by atoms with Crippen LogP contribution >= 0.6 is 0 Å². The van der Waals surface area contributed by atoms with Crippen molar-refractivity contribution in [1.82, 2.24) is 4.72 Å². The molecule has 0 spiro atoms. The molecule has 0 aromatic heterocycles. The maximum absolute atomic E-state index is 12.8. The number of hydrogen-bond donors (Lipinski definition) is 2. The standard InChI is InChI=1S/C20H31N3O4S/c1-23(2)19-9-3-8-18-17(19)7-4-10-20(18)28(24,25)22-12-6-14-27-16-15-26-13-5-11-21/h3-4,7-10,22H,5-6,11-16,21H2,1-2H3. The summed E-state index contributed by atoms with van der Waals surface area (Å²) in [4.78, 5) is 2.27. The monoisotopic (exact) mass is 409 g/mol. The van der Waals surface area contributed by atoms with Crippen LogP contribution in [0.3, 0.4) is 0 Å². The Balaban J connectivity index is 1.87. The first-order valence-corrected chi connectivity index (χ1v) is 11.0. The van der Waals surface area contributed by atoms with E-state index in [1.165, 1.54) is 0 Å². The summed E-state index contributed by atoms with van der Waals surface area (Å²) in [5, 5.41) is 1.63. The van der Waals surface area contributed by atoms with Crippen LogP contribution in [0.2, 0.25) is 0 Å². The molecule has 0 amide bonds. The summed E-state index contributed by atoms with van der Waals surface area (Å²) >= 11 is 0. The van der Waals surface area contributed by atoms with Gasteiger partial charge < -0.3 is 20.1 Å². The van der Waals surface area contributed by atoms with Gasteiger partial charge in [0.05, 0.1) is 18.1 Å². The number of hydrogen-bond acceptors (Lipinski definition) is 6. The normalized spacial score (nSPS) is 11.8. The summed E-state index contributed by atoms with van der Waals surface area (Å²) in [5.74, 6) is 0. The Hall–Kier alpha value is -1.71. The molecule has 0 saturated carbocycles. The van der Waals surface area contributed by atoms with Gasteiger partial charge in [0, 0.05) is 50.3 Å². The number of sulfonamides is 1.